The number of rotatable bonds is 2. The summed E-state index contributed by atoms with van der Waals surface area (Å²) in [6.07, 6.45) is 6.37. The van der Waals surface area contributed by atoms with Crippen LogP contribution < -0.4 is 10.6 Å². The Morgan fingerprint density at radius 2 is 2.24 bits per heavy atom. The van der Waals surface area contributed by atoms with Crippen LogP contribution in [0.15, 0.2) is 42.5 Å². The molecule has 0 spiro atoms. The van der Waals surface area contributed by atoms with Crippen LogP contribution in [0, 0.1) is 0 Å². The van der Waals surface area contributed by atoms with E-state index < -0.39 is 0 Å². The first-order chi connectivity index (χ1) is 7.66. The lowest BCUT2D eigenvalue weighted by molar-refractivity contribution is 0.656. The first-order valence-electron chi connectivity index (χ1n) is 5.19. The number of allylic oxidation sites excluding steroid dienone is 2. The minimum Gasteiger partial charge on any atom is -0.329 e. The molecule has 1 aliphatic heterocycles. The summed E-state index contributed by atoms with van der Waals surface area (Å²) < 4.78 is 12.8. The Morgan fingerprint density at radius 3 is 2.71 bits per heavy atom. The third-order valence-corrected chi connectivity index (χ3v) is 2.49. The standard InChI is InChI=1S/C12H14FN3.ClH/c1-9(14)10-2-3-12(15-8-10)16-6-4-11(13)5-7-16;/h2-6,8-9H,7,14H2,1H3;1H. The second kappa shape index (κ2) is 5.80. The molecule has 17 heavy (non-hydrogen) atoms. The van der Waals surface area contributed by atoms with E-state index in [9.17, 15) is 4.39 Å². The third kappa shape index (κ3) is 3.28. The monoisotopic (exact) mass is 255 g/mol. The van der Waals surface area contributed by atoms with E-state index in [1.807, 2.05) is 24.0 Å². The zero-order chi connectivity index (χ0) is 11.5. The van der Waals surface area contributed by atoms with Crippen molar-refractivity contribution in [3.8, 4) is 0 Å². The van der Waals surface area contributed by atoms with Gasteiger partial charge in [0.25, 0.3) is 0 Å². The fourth-order valence-corrected chi connectivity index (χ4v) is 1.48. The molecule has 0 radical (unpaired) electrons. The Kier molecular flexibility index (Phi) is 4.66. The smallest absolute Gasteiger partial charge is 0.132 e. The van der Waals surface area contributed by atoms with Crippen LogP contribution in [-0.2, 0) is 0 Å². The van der Waals surface area contributed by atoms with E-state index in [-0.39, 0.29) is 24.3 Å². The molecule has 2 heterocycles. The number of halogens is 2. The second-order valence-corrected chi connectivity index (χ2v) is 3.80. The van der Waals surface area contributed by atoms with Crippen LogP contribution >= 0.6 is 12.4 Å². The van der Waals surface area contributed by atoms with Gasteiger partial charge >= 0.3 is 0 Å². The normalized spacial score (nSPS) is 16.2. The lowest BCUT2D eigenvalue weighted by atomic mass is 10.1. The molecule has 0 aliphatic carbocycles. The maximum absolute atomic E-state index is 12.8. The SMILES string of the molecule is CC(N)c1ccc(N2C=CC(F)=CC2)nc1.Cl. The Balaban J connectivity index is 0.00000144. The van der Waals surface area contributed by atoms with E-state index in [0.29, 0.717) is 6.54 Å². The number of hydrogen-bond donors (Lipinski definition) is 1. The summed E-state index contributed by atoms with van der Waals surface area (Å²) in [5.41, 5.74) is 6.73. The van der Waals surface area contributed by atoms with Crippen molar-refractivity contribution in [3.63, 3.8) is 0 Å². The van der Waals surface area contributed by atoms with Gasteiger partial charge in [-0.05, 0) is 30.7 Å². The molecule has 0 bridgehead atoms. The van der Waals surface area contributed by atoms with Gasteiger partial charge in [0, 0.05) is 25.0 Å². The van der Waals surface area contributed by atoms with E-state index in [0.717, 1.165) is 11.4 Å². The fourth-order valence-electron chi connectivity index (χ4n) is 1.48. The van der Waals surface area contributed by atoms with Crippen molar-refractivity contribution < 1.29 is 4.39 Å². The van der Waals surface area contributed by atoms with Crippen LogP contribution in [0.5, 0.6) is 0 Å². The topological polar surface area (TPSA) is 42.1 Å². The van der Waals surface area contributed by atoms with Crippen LogP contribution in [0.3, 0.4) is 0 Å². The predicted octanol–water partition coefficient (Wildman–Crippen LogP) is 2.71. The van der Waals surface area contributed by atoms with Gasteiger partial charge in [0.05, 0.1) is 0 Å². The molecule has 0 saturated heterocycles. The van der Waals surface area contributed by atoms with Gasteiger partial charge in [0.15, 0.2) is 0 Å². The molecular weight excluding hydrogens is 241 g/mol. The average Bonchev–Trinajstić information content (AvgIpc) is 2.30. The van der Waals surface area contributed by atoms with Crippen LogP contribution in [0.25, 0.3) is 0 Å². The molecule has 5 heteroatoms. The van der Waals surface area contributed by atoms with Gasteiger partial charge in [-0.3, -0.25) is 0 Å². The summed E-state index contributed by atoms with van der Waals surface area (Å²) in [7, 11) is 0. The second-order valence-electron chi connectivity index (χ2n) is 3.80. The number of anilines is 1. The summed E-state index contributed by atoms with van der Waals surface area (Å²) in [5.74, 6) is 0.591. The van der Waals surface area contributed by atoms with Gasteiger partial charge in [-0.15, -0.1) is 12.4 Å². The van der Waals surface area contributed by atoms with Crippen LogP contribution in [0.1, 0.15) is 18.5 Å². The van der Waals surface area contributed by atoms with Crippen molar-refractivity contribution in [2.24, 2.45) is 5.73 Å². The van der Waals surface area contributed by atoms with E-state index >= 15 is 0 Å². The molecule has 2 rings (SSSR count). The van der Waals surface area contributed by atoms with Crippen molar-refractivity contribution in [2.75, 3.05) is 11.4 Å². The van der Waals surface area contributed by atoms with Crippen molar-refractivity contribution in [1.29, 1.82) is 0 Å². The highest BCUT2D eigenvalue weighted by atomic mass is 35.5. The molecule has 3 nitrogen and oxygen atoms in total. The van der Waals surface area contributed by atoms with Crippen molar-refractivity contribution in [1.82, 2.24) is 4.98 Å². The van der Waals surface area contributed by atoms with Crippen molar-refractivity contribution in [2.45, 2.75) is 13.0 Å². The predicted molar refractivity (Wildman–Crippen MR) is 69.8 cm³/mol. The zero-order valence-electron chi connectivity index (χ0n) is 9.51. The number of nitrogens with zero attached hydrogens (tertiary/aromatic N) is 2. The Bertz CT molecular complexity index is 426. The summed E-state index contributed by atoms with van der Waals surface area (Å²) in [6, 6.07) is 3.81. The molecule has 1 aromatic heterocycles. The molecule has 0 aromatic carbocycles. The summed E-state index contributed by atoms with van der Waals surface area (Å²) >= 11 is 0. The van der Waals surface area contributed by atoms with Crippen molar-refractivity contribution in [3.05, 3.63) is 48.1 Å². The molecule has 1 unspecified atom stereocenters. The van der Waals surface area contributed by atoms with E-state index in [2.05, 4.69) is 4.98 Å². The Morgan fingerprint density at radius 1 is 1.47 bits per heavy atom. The van der Waals surface area contributed by atoms with Gasteiger partial charge < -0.3 is 10.6 Å². The number of hydrogen-bond acceptors (Lipinski definition) is 3. The van der Waals surface area contributed by atoms with Crippen LogP contribution in [0.4, 0.5) is 10.2 Å². The Labute approximate surface area is 106 Å². The fraction of sp³-hybridized carbons (Fsp3) is 0.250. The van der Waals surface area contributed by atoms with E-state index in [1.54, 1.807) is 12.4 Å². The molecule has 1 aliphatic rings. The molecule has 1 aromatic rings. The maximum atomic E-state index is 12.8. The van der Waals surface area contributed by atoms with Gasteiger partial charge in [-0.2, -0.15) is 0 Å². The third-order valence-electron chi connectivity index (χ3n) is 2.49. The number of nitrogens with two attached hydrogens (primary N) is 1. The molecule has 0 fully saturated rings. The minimum atomic E-state index is -0.205. The number of pyridine rings is 1. The van der Waals surface area contributed by atoms with Crippen molar-refractivity contribution >= 4 is 18.2 Å². The van der Waals surface area contributed by atoms with Crippen LogP contribution in [0.2, 0.25) is 0 Å². The van der Waals surface area contributed by atoms with E-state index in [1.165, 1.54) is 12.2 Å². The largest absolute Gasteiger partial charge is 0.329 e. The van der Waals surface area contributed by atoms with Gasteiger partial charge in [0.2, 0.25) is 0 Å². The molecule has 92 valence electrons. The highest BCUT2D eigenvalue weighted by Gasteiger charge is 2.08. The molecule has 0 amide bonds. The lowest BCUT2D eigenvalue weighted by Crippen LogP contribution is -2.19. The quantitative estimate of drug-likeness (QED) is 0.884. The average molecular weight is 256 g/mol. The van der Waals surface area contributed by atoms with Gasteiger partial charge in [0.1, 0.15) is 11.6 Å². The highest BCUT2D eigenvalue weighted by molar-refractivity contribution is 5.85. The zero-order valence-corrected chi connectivity index (χ0v) is 10.3. The molecule has 1 atom stereocenters. The van der Waals surface area contributed by atoms with E-state index in [4.69, 9.17) is 5.73 Å². The maximum Gasteiger partial charge on any atom is 0.132 e. The van der Waals surface area contributed by atoms with Crippen LogP contribution in [-0.4, -0.2) is 11.5 Å². The molecular formula is C12H15ClFN3. The summed E-state index contributed by atoms with van der Waals surface area (Å²) in [4.78, 5) is 6.16. The highest BCUT2D eigenvalue weighted by Crippen LogP contribution is 2.18. The minimum absolute atomic E-state index is 0. The Hall–Kier alpha value is -1.39. The first kappa shape index (κ1) is 13.7. The lowest BCUT2D eigenvalue weighted by Gasteiger charge is -2.20. The number of aromatic nitrogens is 1. The first-order valence-corrected chi connectivity index (χ1v) is 5.19. The van der Waals surface area contributed by atoms with Gasteiger partial charge in [-0.25, -0.2) is 9.37 Å². The molecule has 2 N–H and O–H groups in total. The summed E-state index contributed by atoms with van der Waals surface area (Å²) in [6.45, 7) is 2.42. The molecule has 0 saturated carbocycles. The summed E-state index contributed by atoms with van der Waals surface area (Å²) in [5, 5.41) is 0. The van der Waals surface area contributed by atoms with Gasteiger partial charge in [-0.1, -0.05) is 6.07 Å².